The molecular weight excluding hydrogens is 448 g/mol. The molecule has 4 rings (SSSR count). The lowest BCUT2D eigenvalue weighted by atomic mass is 10.1. The summed E-state index contributed by atoms with van der Waals surface area (Å²) in [6, 6.07) is 9.09. The zero-order chi connectivity index (χ0) is 24.9. The van der Waals surface area contributed by atoms with Crippen LogP contribution in [0.3, 0.4) is 0 Å². The standard InChI is InChI=1S/C26H34N4O5/c1-18-15-19(2)24(27-20(18)3)28-9-11-29(12-10-28)25(31)21-5-7-22(8-6-21)30-23(17-35-26(30)32)16-34-14-13-33-4/h5-8,15,23H,9-14,16-17H2,1-4H3. The molecule has 35 heavy (non-hydrogen) atoms. The molecule has 0 spiro atoms. The largest absolute Gasteiger partial charge is 0.447 e. The highest BCUT2D eigenvalue weighted by Crippen LogP contribution is 2.25. The third-order valence-electron chi connectivity index (χ3n) is 6.59. The van der Waals surface area contributed by atoms with E-state index in [4.69, 9.17) is 19.2 Å². The smallest absolute Gasteiger partial charge is 0.414 e. The highest BCUT2D eigenvalue weighted by Gasteiger charge is 2.34. The van der Waals surface area contributed by atoms with Gasteiger partial charge in [-0.05, 0) is 56.2 Å². The van der Waals surface area contributed by atoms with Crippen LogP contribution in [0.15, 0.2) is 30.3 Å². The summed E-state index contributed by atoms with van der Waals surface area (Å²) in [6.07, 6.45) is -0.407. The second-order valence-corrected chi connectivity index (χ2v) is 9.03. The molecule has 0 N–H and O–H groups in total. The topological polar surface area (TPSA) is 84.4 Å². The van der Waals surface area contributed by atoms with Crippen LogP contribution in [-0.4, -0.2) is 87.6 Å². The van der Waals surface area contributed by atoms with Crippen LogP contribution in [0.2, 0.25) is 0 Å². The van der Waals surface area contributed by atoms with E-state index in [1.165, 1.54) is 5.56 Å². The predicted octanol–water partition coefficient (Wildman–Crippen LogP) is 2.96. The van der Waals surface area contributed by atoms with Crippen LogP contribution in [0.25, 0.3) is 0 Å². The Kier molecular flexibility index (Phi) is 7.87. The maximum absolute atomic E-state index is 13.1. The number of aryl methyl sites for hydroxylation is 3. The van der Waals surface area contributed by atoms with Gasteiger partial charge in [0.05, 0.1) is 25.9 Å². The number of rotatable bonds is 8. The average Bonchev–Trinajstić information content (AvgIpc) is 3.24. The van der Waals surface area contributed by atoms with Gasteiger partial charge in [-0.15, -0.1) is 0 Å². The molecule has 1 aromatic heterocycles. The number of aromatic nitrogens is 1. The van der Waals surface area contributed by atoms with Crippen molar-refractivity contribution in [1.29, 1.82) is 0 Å². The molecule has 2 fully saturated rings. The summed E-state index contributed by atoms with van der Waals surface area (Å²) < 4.78 is 15.8. The van der Waals surface area contributed by atoms with Gasteiger partial charge in [0.25, 0.3) is 5.91 Å². The quantitative estimate of drug-likeness (QED) is 0.535. The minimum atomic E-state index is -0.407. The first-order valence-electron chi connectivity index (χ1n) is 12.0. The fraction of sp³-hybridized carbons (Fsp3) is 0.500. The van der Waals surface area contributed by atoms with Crippen molar-refractivity contribution in [2.75, 3.05) is 69.5 Å². The number of carbonyl (C=O) groups is 2. The molecule has 3 heterocycles. The Balaban J connectivity index is 1.36. The number of benzene rings is 1. The number of pyridine rings is 1. The van der Waals surface area contributed by atoms with Gasteiger partial charge >= 0.3 is 6.09 Å². The number of nitrogens with zero attached hydrogens (tertiary/aromatic N) is 4. The van der Waals surface area contributed by atoms with E-state index in [0.717, 1.165) is 30.2 Å². The molecule has 0 aliphatic carbocycles. The Morgan fingerprint density at radius 2 is 1.77 bits per heavy atom. The molecule has 1 atom stereocenters. The van der Waals surface area contributed by atoms with Gasteiger partial charge in [0, 0.05) is 50.2 Å². The molecule has 2 aromatic rings. The van der Waals surface area contributed by atoms with Crippen molar-refractivity contribution in [1.82, 2.24) is 9.88 Å². The molecule has 0 radical (unpaired) electrons. The van der Waals surface area contributed by atoms with E-state index in [0.29, 0.717) is 44.2 Å². The molecule has 2 aliphatic heterocycles. The minimum Gasteiger partial charge on any atom is -0.447 e. The molecule has 9 nitrogen and oxygen atoms in total. The van der Waals surface area contributed by atoms with Gasteiger partial charge in [0.15, 0.2) is 0 Å². The van der Waals surface area contributed by atoms with Gasteiger partial charge in [0.2, 0.25) is 0 Å². The zero-order valence-corrected chi connectivity index (χ0v) is 21.0. The van der Waals surface area contributed by atoms with Crippen molar-refractivity contribution in [2.24, 2.45) is 0 Å². The van der Waals surface area contributed by atoms with E-state index in [-0.39, 0.29) is 18.6 Å². The van der Waals surface area contributed by atoms with E-state index in [2.05, 4.69) is 24.8 Å². The van der Waals surface area contributed by atoms with Gasteiger partial charge in [-0.3, -0.25) is 9.69 Å². The molecular formula is C26H34N4O5. The number of hydrogen-bond acceptors (Lipinski definition) is 7. The molecule has 188 valence electrons. The van der Waals surface area contributed by atoms with Gasteiger partial charge < -0.3 is 24.0 Å². The maximum atomic E-state index is 13.1. The molecule has 0 saturated carbocycles. The number of hydrogen-bond donors (Lipinski definition) is 0. The Labute approximate surface area is 206 Å². The molecule has 2 aliphatic rings. The summed E-state index contributed by atoms with van der Waals surface area (Å²) in [6.45, 7) is 10.5. The first-order chi connectivity index (χ1) is 16.9. The first kappa shape index (κ1) is 24.9. The van der Waals surface area contributed by atoms with E-state index in [1.807, 2.05) is 11.8 Å². The second-order valence-electron chi connectivity index (χ2n) is 9.03. The molecule has 2 saturated heterocycles. The second kappa shape index (κ2) is 11.0. The number of amides is 2. The number of ether oxygens (including phenoxy) is 3. The van der Waals surface area contributed by atoms with Crippen molar-refractivity contribution in [3.8, 4) is 0 Å². The van der Waals surface area contributed by atoms with Crippen molar-refractivity contribution in [3.05, 3.63) is 52.7 Å². The lowest BCUT2D eigenvalue weighted by Crippen LogP contribution is -2.49. The van der Waals surface area contributed by atoms with Crippen LogP contribution < -0.4 is 9.80 Å². The number of cyclic esters (lactones) is 1. The molecule has 1 unspecified atom stereocenters. The highest BCUT2D eigenvalue weighted by atomic mass is 16.6. The molecule has 2 amide bonds. The summed E-state index contributed by atoms with van der Waals surface area (Å²) in [5.74, 6) is 0.993. The number of piperazine rings is 1. The minimum absolute atomic E-state index is 0.00980. The number of methoxy groups -OCH3 is 1. The van der Waals surface area contributed by atoms with E-state index < -0.39 is 6.09 Å². The third-order valence-corrected chi connectivity index (χ3v) is 6.59. The average molecular weight is 483 g/mol. The fourth-order valence-corrected chi connectivity index (χ4v) is 4.48. The maximum Gasteiger partial charge on any atom is 0.414 e. The summed E-state index contributed by atoms with van der Waals surface area (Å²) in [5.41, 5.74) is 4.67. The van der Waals surface area contributed by atoms with Crippen LogP contribution in [-0.2, 0) is 14.2 Å². The molecule has 1 aromatic carbocycles. The SMILES string of the molecule is COCCOCC1COC(=O)N1c1ccc(C(=O)N2CCN(c3nc(C)c(C)cc3C)CC2)cc1. The van der Waals surface area contributed by atoms with Crippen LogP contribution >= 0.6 is 0 Å². The van der Waals surface area contributed by atoms with Crippen LogP contribution in [0, 0.1) is 20.8 Å². The predicted molar refractivity (Wildman–Crippen MR) is 133 cm³/mol. The van der Waals surface area contributed by atoms with Gasteiger partial charge in [-0.2, -0.15) is 0 Å². The summed E-state index contributed by atoms with van der Waals surface area (Å²) in [7, 11) is 1.61. The van der Waals surface area contributed by atoms with Gasteiger partial charge in [-0.25, -0.2) is 9.78 Å². The summed E-state index contributed by atoms with van der Waals surface area (Å²) in [5, 5.41) is 0. The van der Waals surface area contributed by atoms with Gasteiger partial charge in [0.1, 0.15) is 12.4 Å². The number of anilines is 2. The first-order valence-corrected chi connectivity index (χ1v) is 12.0. The Hall–Kier alpha value is -3.17. The zero-order valence-electron chi connectivity index (χ0n) is 21.0. The van der Waals surface area contributed by atoms with Crippen LogP contribution in [0.5, 0.6) is 0 Å². The molecule has 9 heteroatoms. The highest BCUT2D eigenvalue weighted by molar-refractivity contribution is 5.96. The van der Waals surface area contributed by atoms with Crippen molar-refractivity contribution in [3.63, 3.8) is 0 Å². The van der Waals surface area contributed by atoms with Crippen molar-refractivity contribution < 1.29 is 23.8 Å². The third kappa shape index (κ3) is 5.57. The lowest BCUT2D eigenvalue weighted by molar-refractivity contribution is 0.0614. The van der Waals surface area contributed by atoms with Crippen molar-refractivity contribution >= 4 is 23.5 Å². The van der Waals surface area contributed by atoms with Gasteiger partial charge in [-0.1, -0.05) is 6.07 Å². The fourth-order valence-electron chi connectivity index (χ4n) is 4.48. The van der Waals surface area contributed by atoms with E-state index >= 15 is 0 Å². The van der Waals surface area contributed by atoms with E-state index in [9.17, 15) is 9.59 Å². The van der Waals surface area contributed by atoms with Crippen LogP contribution in [0.4, 0.5) is 16.3 Å². The summed E-state index contributed by atoms with van der Waals surface area (Å²) >= 11 is 0. The lowest BCUT2D eigenvalue weighted by Gasteiger charge is -2.36. The monoisotopic (exact) mass is 482 g/mol. The normalized spacial score (nSPS) is 18.2. The Morgan fingerprint density at radius 3 is 2.46 bits per heavy atom. The van der Waals surface area contributed by atoms with Crippen LogP contribution in [0.1, 0.15) is 27.2 Å². The van der Waals surface area contributed by atoms with E-state index in [1.54, 1.807) is 36.3 Å². The van der Waals surface area contributed by atoms with Crippen molar-refractivity contribution in [2.45, 2.75) is 26.8 Å². The molecule has 0 bridgehead atoms. The Bertz CT molecular complexity index is 1050. The number of carbonyl (C=O) groups excluding carboxylic acids is 2. The summed E-state index contributed by atoms with van der Waals surface area (Å²) in [4.78, 5) is 35.9. The Morgan fingerprint density at radius 1 is 1.06 bits per heavy atom.